The lowest BCUT2D eigenvalue weighted by molar-refractivity contribution is -0.133. The summed E-state index contributed by atoms with van der Waals surface area (Å²) in [6.45, 7) is 1.65. The zero-order valence-electron chi connectivity index (χ0n) is 13.2. The molecule has 0 bridgehead atoms. The van der Waals surface area contributed by atoms with Gasteiger partial charge in [0.2, 0.25) is 5.91 Å². The zero-order valence-corrected chi connectivity index (χ0v) is 13.9. The summed E-state index contributed by atoms with van der Waals surface area (Å²) in [4.78, 5) is 14.7. The third-order valence-electron chi connectivity index (χ3n) is 4.96. The highest BCUT2D eigenvalue weighted by atomic mass is 35.5. The second kappa shape index (κ2) is 6.59. The van der Waals surface area contributed by atoms with Crippen LogP contribution in [0.1, 0.15) is 44.1 Å². The summed E-state index contributed by atoms with van der Waals surface area (Å²) in [6, 6.07) is 7.73. The molecule has 0 spiro atoms. The number of nitrogens with zero attached hydrogens (tertiary/aromatic N) is 1. The SMILES string of the molecule is CN(CCC1CCCCO1)C(=O)C1(c2ccc(Cl)cc2)CC1. The minimum absolute atomic E-state index is 0.241. The van der Waals surface area contributed by atoms with E-state index in [9.17, 15) is 4.79 Å². The Morgan fingerprint density at radius 2 is 2.05 bits per heavy atom. The summed E-state index contributed by atoms with van der Waals surface area (Å²) >= 11 is 5.95. The highest BCUT2D eigenvalue weighted by Gasteiger charge is 2.52. The van der Waals surface area contributed by atoms with Crippen LogP contribution in [0.4, 0.5) is 0 Å². The maximum atomic E-state index is 12.8. The number of carbonyl (C=O) groups is 1. The molecule has 2 aliphatic rings. The number of hydrogen-bond donors (Lipinski definition) is 0. The highest BCUT2D eigenvalue weighted by molar-refractivity contribution is 6.30. The van der Waals surface area contributed by atoms with Crippen molar-refractivity contribution < 1.29 is 9.53 Å². The van der Waals surface area contributed by atoms with E-state index in [-0.39, 0.29) is 11.3 Å². The van der Waals surface area contributed by atoms with Crippen LogP contribution in [0.15, 0.2) is 24.3 Å². The molecule has 1 aromatic carbocycles. The average molecular weight is 322 g/mol. The maximum Gasteiger partial charge on any atom is 0.232 e. The Kier molecular flexibility index (Phi) is 4.74. The van der Waals surface area contributed by atoms with E-state index in [0.29, 0.717) is 6.10 Å². The van der Waals surface area contributed by atoms with Crippen molar-refractivity contribution in [2.75, 3.05) is 20.2 Å². The minimum atomic E-state index is -0.299. The molecule has 2 fully saturated rings. The quantitative estimate of drug-likeness (QED) is 0.825. The Morgan fingerprint density at radius 1 is 1.32 bits per heavy atom. The predicted molar refractivity (Wildman–Crippen MR) is 88.2 cm³/mol. The van der Waals surface area contributed by atoms with Gasteiger partial charge in [-0.15, -0.1) is 0 Å². The monoisotopic (exact) mass is 321 g/mol. The number of rotatable bonds is 5. The van der Waals surface area contributed by atoms with Crippen molar-refractivity contribution in [2.45, 2.75) is 50.0 Å². The molecular formula is C18H24ClNO2. The Labute approximate surface area is 137 Å². The number of halogens is 1. The average Bonchev–Trinajstić information content (AvgIpc) is 3.35. The lowest BCUT2D eigenvalue weighted by atomic mass is 9.94. The number of carbonyl (C=O) groups excluding carboxylic acids is 1. The summed E-state index contributed by atoms with van der Waals surface area (Å²) in [5, 5.41) is 0.717. The Hall–Kier alpha value is -1.06. The summed E-state index contributed by atoms with van der Waals surface area (Å²) < 4.78 is 5.75. The van der Waals surface area contributed by atoms with E-state index in [1.165, 1.54) is 12.8 Å². The Balaban J connectivity index is 1.59. The van der Waals surface area contributed by atoms with Gasteiger partial charge in [-0.3, -0.25) is 4.79 Å². The van der Waals surface area contributed by atoms with Gasteiger partial charge in [-0.05, 0) is 56.2 Å². The fraction of sp³-hybridized carbons (Fsp3) is 0.611. The van der Waals surface area contributed by atoms with Gasteiger partial charge in [0.25, 0.3) is 0 Å². The predicted octanol–water partition coefficient (Wildman–Crippen LogP) is 3.79. The molecule has 1 aliphatic carbocycles. The van der Waals surface area contributed by atoms with Crippen molar-refractivity contribution in [1.29, 1.82) is 0 Å². The van der Waals surface area contributed by atoms with Crippen molar-refractivity contribution in [1.82, 2.24) is 4.90 Å². The minimum Gasteiger partial charge on any atom is -0.378 e. The molecule has 4 heteroatoms. The lowest BCUT2D eigenvalue weighted by Gasteiger charge is -2.27. The molecule has 1 aliphatic heterocycles. The fourth-order valence-electron chi connectivity index (χ4n) is 3.36. The topological polar surface area (TPSA) is 29.5 Å². The third-order valence-corrected chi connectivity index (χ3v) is 5.22. The maximum absolute atomic E-state index is 12.8. The number of ether oxygens (including phenoxy) is 1. The van der Waals surface area contributed by atoms with Gasteiger partial charge >= 0.3 is 0 Å². The number of benzene rings is 1. The van der Waals surface area contributed by atoms with Gasteiger partial charge in [-0.25, -0.2) is 0 Å². The fourth-order valence-corrected chi connectivity index (χ4v) is 3.49. The molecule has 0 N–H and O–H groups in total. The van der Waals surface area contributed by atoms with Gasteiger partial charge in [-0.1, -0.05) is 23.7 Å². The molecule has 1 saturated heterocycles. The van der Waals surface area contributed by atoms with E-state index in [4.69, 9.17) is 16.3 Å². The van der Waals surface area contributed by atoms with E-state index in [0.717, 1.165) is 49.4 Å². The molecule has 0 radical (unpaired) electrons. The second-order valence-corrected chi connectivity index (χ2v) is 7.03. The summed E-state index contributed by atoms with van der Waals surface area (Å²) in [5.41, 5.74) is 0.801. The van der Waals surface area contributed by atoms with Crippen molar-refractivity contribution >= 4 is 17.5 Å². The number of likely N-dealkylation sites (N-methyl/N-ethyl adjacent to an activating group) is 1. The Morgan fingerprint density at radius 3 is 2.64 bits per heavy atom. The molecule has 1 heterocycles. The van der Waals surface area contributed by atoms with Crippen LogP contribution in [-0.4, -0.2) is 37.1 Å². The smallest absolute Gasteiger partial charge is 0.232 e. The zero-order chi connectivity index (χ0) is 15.6. The third kappa shape index (κ3) is 3.31. The van der Waals surface area contributed by atoms with E-state index in [1.807, 2.05) is 36.2 Å². The molecule has 3 nitrogen and oxygen atoms in total. The molecule has 120 valence electrons. The molecule has 1 aromatic rings. The van der Waals surface area contributed by atoms with E-state index in [1.54, 1.807) is 0 Å². The van der Waals surface area contributed by atoms with Crippen LogP contribution in [0, 0.1) is 0 Å². The van der Waals surface area contributed by atoms with Crippen LogP contribution >= 0.6 is 11.6 Å². The summed E-state index contributed by atoms with van der Waals surface area (Å²) in [6.07, 6.45) is 6.70. The van der Waals surface area contributed by atoms with Crippen LogP contribution in [0.5, 0.6) is 0 Å². The first kappa shape index (κ1) is 15.8. The molecule has 3 rings (SSSR count). The first-order valence-electron chi connectivity index (χ1n) is 8.25. The number of amides is 1. The summed E-state index contributed by atoms with van der Waals surface area (Å²) in [7, 11) is 1.92. The van der Waals surface area contributed by atoms with Crippen LogP contribution in [-0.2, 0) is 14.9 Å². The van der Waals surface area contributed by atoms with Gasteiger partial charge in [-0.2, -0.15) is 0 Å². The van der Waals surface area contributed by atoms with Gasteiger partial charge in [0, 0.05) is 25.2 Å². The second-order valence-electron chi connectivity index (χ2n) is 6.59. The summed E-state index contributed by atoms with van der Waals surface area (Å²) in [5.74, 6) is 0.241. The molecule has 0 aromatic heterocycles. The number of hydrogen-bond acceptors (Lipinski definition) is 2. The van der Waals surface area contributed by atoms with Crippen molar-refractivity contribution in [3.63, 3.8) is 0 Å². The largest absolute Gasteiger partial charge is 0.378 e. The highest BCUT2D eigenvalue weighted by Crippen LogP contribution is 2.49. The van der Waals surface area contributed by atoms with Crippen LogP contribution < -0.4 is 0 Å². The molecule has 22 heavy (non-hydrogen) atoms. The van der Waals surface area contributed by atoms with Crippen LogP contribution in [0.2, 0.25) is 5.02 Å². The normalized spacial score (nSPS) is 23.1. The van der Waals surface area contributed by atoms with Gasteiger partial charge in [0.1, 0.15) is 0 Å². The van der Waals surface area contributed by atoms with E-state index in [2.05, 4.69) is 0 Å². The lowest BCUT2D eigenvalue weighted by Crippen LogP contribution is -2.38. The van der Waals surface area contributed by atoms with Gasteiger partial charge < -0.3 is 9.64 Å². The molecule has 1 saturated carbocycles. The molecule has 1 unspecified atom stereocenters. The molecule has 1 atom stereocenters. The standard InChI is InChI=1S/C18H24ClNO2/c1-20(12-9-16-4-2-3-13-22-16)17(21)18(10-11-18)14-5-7-15(19)8-6-14/h5-8,16H,2-4,9-13H2,1H3. The molecule has 1 amide bonds. The van der Waals surface area contributed by atoms with Gasteiger partial charge in [0.15, 0.2) is 0 Å². The van der Waals surface area contributed by atoms with Crippen LogP contribution in [0.3, 0.4) is 0 Å². The molecular weight excluding hydrogens is 298 g/mol. The van der Waals surface area contributed by atoms with E-state index < -0.39 is 0 Å². The Bertz CT molecular complexity index is 518. The van der Waals surface area contributed by atoms with Crippen LogP contribution in [0.25, 0.3) is 0 Å². The van der Waals surface area contributed by atoms with Crippen molar-refractivity contribution in [3.8, 4) is 0 Å². The van der Waals surface area contributed by atoms with Gasteiger partial charge in [0.05, 0.1) is 11.5 Å². The first-order chi connectivity index (χ1) is 10.6. The first-order valence-corrected chi connectivity index (χ1v) is 8.63. The van der Waals surface area contributed by atoms with E-state index >= 15 is 0 Å². The van der Waals surface area contributed by atoms with Crippen molar-refractivity contribution in [2.24, 2.45) is 0 Å². The van der Waals surface area contributed by atoms with Crippen molar-refractivity contribution in [3.05, 3.63) is 34.9 Å².